The molecule has 0 amide bonds. The van der Waals surface area contributed by atoms with E-state index in [0.29, 0.717) is 18.1 Å². The molecule has 2 aromatic carbocycles. The smallest absolute Gasteiger partial charge is 0.227 e. The molecule has 0 unspecified atom stereocenters. The molecule has 4 nitrogen and oxygen atoms in total. The number of hydrogen-bond acceptors (Lipinski definition) is 4. The van der Waals surface area contributed by atoms with Crippen LogP contribution >= 0.6 is 0 Å². The molecule has 3 rings (SSSR count). The van der Waals surface area contributed by atoms with Gasteiger partial charge >= 0.3 is 0 Å². The van der Waals surface area contributed by atoms with Crippen LogP contribution in [0.5, 0.6) is 17.4 Å². The first kappa shape index (κ1) is 13.4. The number of fused-ring (bicyclic) bond motifs is 1. The number of phenolic OH excluding ortho intramolecular Hbond substituents is 1. The summed E-state index contributed by atoms with van der Waals surface area (Å²) in [4.78, 5) is 4.23. The van der Waals surface area contributed by atoms with Crippen LogP contribution in [0.3, 0.4) is 0 Å². The average molecular weight is 281 g/mol. The number of aliphatic hydroxyl groups is 1. The fourth-order valence-corrected chi connectivity index (χ4v) is 2.18. The first-order valence-electron chi connectivity index (χ1n) is 6.71. The van der Waals surface area contributed by atoms with Crippen LogP contribution in [0, 0.1) is 0 Å². The number of nitrogens with zero attached hydrogens (tertiary/aromatic N) is 1. The lowest BCUT2D eigenvalue weighted by molar-refractivity contribution is 0.299. The first-order chi connectivity index (χ1) is 10.3. The Bertz CT molecular complexity index is 754. The lowest BCUT2D eigenvalue weighted by atomic mass is 10.1. The summed E-state index contributed by atoms with van der Waals surface area (Å²) in [5.74, 6) is 1.30. The fraction of sp³-hybridized carbons (Fsp3) is 0.118. The van der Waals surface area contributed by atoms with Crippen molar-refractivity contribution in [1.82, 2.24) is 4.98 Å². The van der Waals surface area contributed by atoms with E-state index < -0.39 is 0 Å². The highest BCUT2D eigenvalue weighted by atomic mass is 16.5. The summed E-state index contributed by atoms with van der Waals surface area (Å²) in [7, 11) is 0. The maximum atomic E-state index is 9.61. The Morgan fingerprint density at radius 3 is 2.57 bits per heavy atom. The molecular formula is C17H15NO3. The van der Waals surface area contributed by atoms with Gasteiger partial charge in [0.2, 0.25) is 5.88 Å². The molecule has 4 heteroatoms. The van der Waals surface area contributed by atoms with Gasteiger partial charge in [-0.15, -0.1) is 0 Å². The van der Waals surface area contributed by atoms with Gasteiger partial charge in [0, 0.05) is 18.2 Å². The van der Waals surface area contributed by atoms with Crippen LogP contribution in [0.4, 0.5) is 0 Å². The number of aromatic nitrogens is 1. The van der Waals surface area contributed by atoms with E-state index in [1.807, 2.05) is 36.4 Å². The van der Waals surface area contributed by atoms with Gasteiger partial charge < -0.3 is 14.9 Å². The van der Waals surface area contributed by atoms with Gasteiger partial charge in [-0.05, 0) is 47.7 Å². The molecule has 0 aliphatic carbocycles. The molecule has 3 aromatic rings. The zero-order chi connectivity index (χ0) is 14.7. The van der Waals surface area contributed by atoms with Crippen LogP contribution in [0.15, 0.2) is 54.7 Å². The van der Waals surface area contributed by atoms with Crippen molar-refractivity contribution in [2.45, 2.75) is 6.42 Å². The van der Waals surface area contributed by atoms with Crippen molar-refractivity contribution in [3.63, 3.8) is 0 Å². The number of aromatic hydroxyl groups is 1. The lowest BCUT2D eigenvalue weighted by Crippen LogP contribution is -1.92. The molecule has 0 bridgehead atoms. The Morgan fingerprint density at radius 1 is 1.00 bits per heavy atom. The molecule has 0 fully saturated rings. The summed E-state index contributed by atoms with van der Waals surface area (Å²) < 4.78 is 5.80. The van der Waals surface area contributed by atoms with Crippen LogP contribution in [0.25, 0.3) is 10.8 Å². The Hall–Kier alpha value is -2.59. The van der Waals surface area contributed by atoms with Crippen LogP contribution in [0.2, 0.25) is 0 Å². The third kappa shape index (κ3) is 2.95. The van der Waals surface area contributed by atoms with Gasteiger partial charge in [-0.1, -0.05) is 18.2 Å². The van der Waals surface area contributed by atoms with E-state index in [2.05, 4.69) is 4.98 Å². The quantitative estimate of drug-likeness (QED) is 0.770. The summed E-state index contributed by atoms with van der Waals surface area (Å²) >= 11 is 0. The number of ether oxygens (including phenoxy) is 1. The van der Waals surface area contributed by atoms with Crippen LogP contribution in [0.1, 0.15) is 5.56 Å². The van der Waals surface area contributed by atoms with Crippen LogP contribution in [-0.4, -0.2) is 21.8 Å². The Morgan fingerprint density at radius 2 is 1.81 bits per heavy atom. The predicted octanol–water partition coefficient (Wildman–Crippen LogP) is 3.27. The van der Waals surface area contributed by atoms with Gasteiger partial charge in [-0.2, -0.15) is 0 Å². The molecule has 0 aliphatic rings. The fourth-order valence-electron chi connectivity index (χ4n) is 2.18. The largest absolute Gasteiger partial charge is 0.508 e. The highest BCUT2D eigenvalue weighted by Crippen LogP contribution is 2.30. The summed E-state index contributed by atoms with van der Waals surface area (Å²) in [5, 5.41) is 20.2. The number of aliphatic hydroxyl groups excluding tert-OH is 1. The van der Waals surface area contributed by atoms with Gasteiger partial charge in [0.25, 0.3) is 0 Å². The minimum Gasteiger partial charge on any atom is -0.508 e. The molecule has 2 N–H and O–H groups in total. The highest BCUT2D eigenvalue weighted by Gasteiger charge is 2.06. The monoisotopic (exact) mass is 281 g/mol. The van der Waals surface area contributed by atoms with E-state index >= 15 is 0 Å². The number of rotatable bonds is 4. The SMILES string of the molecule is OCCc1ccc(Oc2nccc3ccc(O)cc23)cc1. The van der Waals surface area contributed by atoms with Crippen molar-refractivity contribution >= 4 is 10.8 Å². The van der Waals surface area contributed by atoms with E-state index in [1.165, 1.54) is 0 Å². The maximum Gasteiger partial charge on any atom is 0.227 e. The van der Waals surface area contributed by atoms with Crippen molar-refractivity contribution in [3.8, 4) is 17.4 Å². The normalized spacial score (nSPS) is 10.7. The summed E-state index contributed by atoms with van der Waals surface area (Å²) in [6.07, 6.45) is 2.30. The van der Waals surface area contributed by atoms with Gasteiger partial charge in [-0.3, -0.25) is 0 Å². The maximum absolute atomic E-state index is 9.61. The highest BCUT2D eigenvalue weighted by molar-refractivity contribution is 5.88. The molecular weight excluding hydrogens is 266 g/mol. The van der Waals surface area contributed by atoms with Crippen molar-refractivity contribution in [2.75, 3.05) is 6.61 Å². The lowest BCUT2D eigenvalue weighted by Gasteiger charge is -2.08. The van der Waals surface area contributed by atoms with E-state index in [-0.39, 0.29) is 12.4 Å². The molecule has 0 radical (unpaired) electrons. The Balaban J connectivity index is 1.92. The van der Waals surface area contributed by atoms with E-state index in [4.69, 9.17) is 9.84 Å². The molecule has 1 heterocycles. The molecule has 106 valence electrons. The van der Waals surface area contributed by atoms with Crippen molar-refractivity contribution in [1.29, 1.82) is 0 Å². The molecule has 0 saturated heterocycles. The standard InChI is InChI=1S/C17H15NO3/c19-10-8-12-1-5-15(6-2-12)21-17-16-11-14(20)4-3-13(16)7-9-18-17/h1-7,9,11,19-20H,8,10H2. The van der Waals surface area contributed by atoms with Crippen LogP contribution in [-0.2, 0) is 6.42 Å². The molecule has 0 spiro atoms. The average Bonchev–Trinajstić information content (AvgIpc) is 2.50. The third-order valence-corrected chi connectivity index (χ3v) is 3.25. The van der Waals surface area contributed by atoms with Crippen LogP contribution < -0.4 is 4.74 Å². The Labute approximate surface area is 122 Å². The predicted molar refractivity (Wildman–Crippen MR) is 80.7 cm³/mol. The zero-order valence-corrected chi connectivity index (χ0v) is 11.4. The van der Waals surface area contributed by atoms with Gasteiger partial charge in [0.15, 0.2) is 0 Å². The minimum atomic E-state index is 0.129. The first-order valence-corrected chi connectivity index (χ1v) is 6.71. The summed E-state index contributed by atoms with van der Waals surface area (Å²) in [6.45, 7) is 0.129. The zero-order valence-electron chi connectivity index (χ0n) is 11.4. The number of benzene rings is 2. The van der Waals surface area contributed by atoms with Gasteiger partial charge in [0.1, 0.15) is 11.5 Å². The molecule has 0 atom stereocenters. The third-order valence-electron chi connectivity index (χ3n) is 3.25. The van der Waals surface area contributed by atoms with Crippen molar-refractivity contribution < 1.29 is 14.9 Å². The van der Waals surface area contributed by atoms with Crippen molar-refractivity contribution in [2.24, 2.45) is 0 Å². The summed E-state index contributed by atoms with van der Waals surface area (Å²) in [6, 6.07) is 14.5. The molecule has 0 saturated carbocycles. The molecule has 0 aliphatic heterocycles. The van der Waals surface area contributed by atoms with E-state index in [0.717, 1.165) is 16.3 Å². The summed E-state index contributed by atoms with van der Waals surface area (Å²) in [5.41, 5.74) is 1.05. The molecule has 21 heavy (non-hydrogen) atoms. The topological polar surface area (TPSA) is 62.6 Å². The second-order valence-electron chi connectivity index (χ2n) is 4.74. The van der Waals surface area contributed by atoms with Crippen molar-refractivity contribution in [3.05, 3.63) is 60.3 Å². The number of phenols is 1. The second kappa shape index (κ2) is 5.81. The van der Waals surface area contributed by atoms with Gasteiger partial charge in [-0.25, -0.2) is 4.98 Å². The van der Waals surface area contributed by atoms with Gasteiger partial charge in [0.05, 0.1) is 0 Å². The number of pyridine rings is 1. The minimum absolute atomic E-state index is 0.129. The number of hydrogen-bond donors (Lipinski definition) is 2. The van der Waals surface area contributed by atoms with E-state index in [9.17, 15) is 5.11 Å². The van der Waals surface area contributed by atoms with E-state index in [1.54, 1.807) is 18.3 Å². The Kier molecular flexibility index (Phi) is 3.71. The second-order valence-corrected chi connectivity index (χ2v) is 4.74. The molecule has 1 aromatic heterocycles.